The molecule has 43 heavy (non-hydrogen) atoms. The minimum Gasteiger partial charge on any atom is -0.493 e. The topological polar surface area (TPSA) is 91.4 Å². The molecular weight excluding hydrogens is 546 g/mol. The molecule has 0 saturated heterocycles. The molecule has 9 heteroatoms. The highest BCUT2D eigenvalue weighted by molar-refractivity contribution is 5.94. The lowest BCUT2D eigenvalue weighted by molar-refractivity contribution is 0.0754. The number of pyridine rings is 1. The largest absolute Gasteiger partial charge is 0.493 e. The van der Waals surface area contributed by atoms with Crippen molar-refractivity contribution in [1.82, 2.24) is 15.2 Å². The lowest BCUT2D eigenvalue weighted by atomic mass is 9.99. The molecule has 0 fully saturated rings. The molecular formula is C34H35N3O6. The van der Waals surface area contributed by atoms with Crippen molar-refractivity contribution >= 4 is 5.91 Å². The van der Waals surface area contributed by atoms with Crippen LogP contribution in [0.3, 0.4) is 0 Å². The summed E-state index contributed by atoms with van der Waals surface area (Å²) in [4.78, 5) is 20.1. The first-order chi connectivity index (χ1) is 21.1. The third-order valence-electron chi connectivity index (χ3n) is 7.43. The minimum atomic E-state index is -0.180. The molecule has 1 aromatic heterocycles. The third-order valence-corrected chi connectivity index (χ3v) is 7.43. The molecule has 4 aromatic rings. The van der Waals surface area contributed by atoms with Crippen LogP contribution in [0, 0.1) is 0 Å². The molecule has 2 aliphatic rings. The molecule has 0 saturated carbocycles. The fraction of sp³-hybridized carbons (Fsp3) is 0.294. The van der Waals surface area contributed by atoms with Crippen LogP contribution in [0.1, 0.15) is 38.3 Å². The summed E-state index contributed by atoms with van der Waals surface area (Å²) in [5, 5.41) is 3.02. The van der Waals surface area contributed by atoms with Crippen LogP contribution in [0.15, 0.2) is 79.0 Å². The van der Waals surface area contributed by atoms with Crippen LogP contribution in [0.2, 0.25) is 0 Å². The van der Waals surface area contributed by atoms with Gasteiger partial charge in [0.25, 0.3) is 5.91 Å². The number of nitrogens with one attached hydrogen (secondary N) is 1. The number of benzene rings is 3. The van der Waals surface area contributed by atoms with Gasteiger partial charge in [0.2, 0.25) is 12.5 Å². The predicted molar refractivity (Wildman–Crippen MR) is 161 cm³/mol. The number of rotatable bonds is 6. The van der Waals surface area contributed by atoms with E-state index in [1.54, 1.807) is 13.2 Å². The van der Waals surface area contributed by atoms with Gasteiger partial charge >= 0.3 is 0 Å². The Morgan fingerprint density at radius 2 is 1.86 bits per heavy atom. The van der Waals surface area contributed by atoms with Crippen LogP contribution in [0.25, 0.3) is 0 Å². The standard InChI is InChI=1S/C34H35N3O6/c1-39-31-17-26(18-32-33(31)43-23-42-32)20-36-34(38)27-8-9-30-28(19-27)16-24-5-4-6-25(15-24)21-37(11-12-40-13-14-41-30)22-29-7-2-3-10-35-29/h2-10,15,17-19H,11-14,16,20-23H2,1H3,(H,36,38). The van der Waals surface area contributed by atoms with Gasteiger partial charge in [-0.2, -0.15) is 0 Å². The number of hydrogen-bond donors (Lipinski definition) is 1. The van der Waals surface area contributed by atoms with Crippen LogP contribution in [0.5, 0.6) is 23.0 Å². The van der Waals surface area contributed by atoms with Crippen molar-refractivity contribution in [2.24, 2.45) is 0 Å². The second-order valence-corrected chi connectivity index (χ2v) is 10.5. The van der Waals surface area contributed by atoms with E-state index in [2.05, 4.69) is 39.5 Å². The van der Waals surface area contributed by atoms with E-state index in [9.17, 15) is 4.79 Å². The summed E-state index contributed by atoms with van der Waals surface area (Å²) in [6.45, 7) is 4.26. The summed E-state index contributed by atoms with van der Waals surface area (Å²) >= 11 is 0. The van der Waals surface area contributed by atoms with Crippen LogP contribution in [-0.2, 0) is 30.8 Å². The highest BCUT2D eigenvalue weighted by Crippen LogP contribution is 2.41. The lowest BCUT2D eigenvalue weighted by Crippen LogP contribution is -2.28. The highest BCUT2D eigenvalue weighted by Gasteiger charge is 2.21. The van der Waals surface area contributed by atoms with Crippen molar-refractivity contribution in [2.75, 3.05) is 40.3 Å². The molecule has 6 rings (SSSR count). The lowest BCUT2D eigenvalue weighted by Gasteiger charge is -2.23. The Bertz CT molecular complexity index is 1560. The van der Waals surface area contributed by atoms with E-state index in [0.717, 1.165) is 47.8 Å². The van der Waals surface area contributed by atoms with Crippen molar-refractivity contribution in [2.45, 2.75) is 26.1 Å². The second kappa shape index (κ2) is 13.6. The average molecular weight is 582 g/mol. The first kappa shape index (κ1) is 28.5. The van der Waals surface area contributed by atoms with Gasteiger partial charge in [-0.3, -0.25) is 14.7 Å². The third kappa shape index (κ3) is 7.25. The van der Waals surface area contributed by atoms with Gasteiger partial charge in [-0.05, 0) is 64.7 Å². The fourth-order valence-corrected chi connectivity index (χ4v) is 5.33. The zero-order valence-electron chi connectivity index (χ0n) is 24.2. The second-order valence-electron chi connectivity index (χ2n) is 10.5. The van der Waals surface area contributed by atoms with Gasteiger partial charge in [-0.15, -0.1) is 0 Å². The van der Waals surface area contributed by atoms with Crippen molar-refractivity contribution in [3.8, 4) is 23.0 Å². The number of amides is 1. The predicted octanol–water partition coefficient (Wildman–Crippen LogP) is 4.75. The molecule has 0 spiro atoms. The molecule has 3 heterocycles. The molecule has 2 aliphatic heterocycles. The molecule has 0 atom stereocenters. The first-order valence-electron chi connectivity index (χ1n) is 14.4. The summed E-state index contributed by atoms with van der Waals surface area (Å²) in [5.74, 6) is 2.34. The monoisotopic (exact) mass is 581 g/mol. The Kier molecular flexibility index (Phi) is 9.01. The smallest absolute Gasteiger partial charge is 0.251 e. The normalized spacial score (nSPS) is 15.1. The highest BCUT2D eigenvalue weighted by atomic mass is 16.7. The van der Waals surface area contributed by atoms with Crippen molar-refractivity contribution in [1.29, 1.82) is 0 Å². The van der Waals surface area contributed by atoms with Crippen LogP contribution in [-0.4, -0.2) is 56.1 Å². The Hall–Kier alpha value is -4.60. The van der Waals surface area contributed by atoms with Gasteiger partial charge in [-0.25, -0.2) is 0 Å². The van der Waals surface area contributed by atoms with Crippen LogP contribution in [0.4, 0.5) is 0 Å². The summed E-state index contributed by atoms with van der Waals surface area (Å²) in [6.07, 6.45) is 2.46. The molecule has 9 nitrogen and oxygen atoms in total. The maximum Gasteiger partial charge on any atom is 0.251 e. The van der Waals surface area contributed by atoms with Gasteiger partial charge in [0, 0.05) is 44.4 Å². The number of aromatic nitrogens is 1. The Morgan fingerprint density at radius 3 is 2.74 bits per heavy atom. The summed E-state index contributed by atoms with van der Waals surface area (Å²) in [6, 6.07) is 23.9. The Morgan fingerprint density at radius 1 is 0.930 bits per heavy atom. The van der Waals surface area contributed by atoms with Gasteiger partial charge in [0.05, 0.1) is 26.0 Å². The van der Waals surface area contributed by atoms with Gasteiger partial charge < -0.3 is 29.0 Å². The number of carbonyl (C=O) groups is 1. The number of carbonyl (C=O) groups excluding carboxylic acids is 1. The fourth-order valence-electron chi connectivity index (χ4n) is 5.33. The van der Waals surface area contributed by atoms with Gasteiger partial charge in [0.1, 0.15) is 12.4 Å². The molecule has 1 N–H and O–H groups in total. The summed E-state index contributed by atoms with van der Waals surface area (Å²) < 4.78 is 28.5. The van der Waals surface area contributed by atoms with E-state index in [-0.39, 0.29) is 12.7 Å². The molecule has 222 valence electrons. The summed E-state index contributed by atoms with van der Waals surface area (Å²) in [7, 11) is 1.58. The molecule has 3 aromatic carbocycles. The first-order valence-corrected chi connectivity index (χ1v) is 14.4. The van der Waals surface area contributed by atoms with Crippen molar-refractivity contribution in [3.63, 3.8) is 0 Å². The van der Waals surface area contributed by atoms with Gasteiger partial charge in [-0.1, -0.05) is 30.3 Å². The van der Waals surface area contributed by atoms with E-state index in [4.69, 9.17) is 23.7 Å². The SMILES string of the molecule is COc1cc(CNC(=O)c2ccc3c(c2)Cc2cccc(c2)CN(Cc2ccccn2)CCOCCO3)cc2c1OCO2. The number of fused-ring (bicyclic) bond motifs is 4. The van der Waals surface area contributed by atoms with Crippen molar-refractivity contribution < 1.29 is 28.5 Å². The minimum absolute atomic E-state index is 0.150. The number of hydrogen-bond acceptors (Lipinski definition) is 8. The van der Waals surface area contributed by atoms with E-state index < -0.39 is 0 Å². The zero-order chi connectivity index (χ0) is 29.4. The summed E-state index contributed by atoms with van der Waals surface area (Å²) in [5.41, 5.74) is 5.74. The number of nitrogens with zero attached hydrogens (tertiary/aromatic N) is 2. The van der Waals surface area contributed by atoms with Gasteiger partial charge in [0.15, 0.2) is 11.5 Å². The average Bonchev–Trinajstić information content (AvgIpc) is 3.51. The zero-order valence-corrected chi connectivity index (χ0v) is 24.2. The molecule has 0 aliphatic carbocycles. The quantitative estimate of drug-likeness (QED) is 0.349. The Labute approximate surface area is 251 Å². The number of methoxy groups -OCH3 is 1. The molecule has 1 amide bonds. The van der Waals surface area contributed by atoms with Crippen LogP contribution >= 0.6 is 0 Å². The molecule has 0 radical (unpaired) electrons. The molecule has 2 bridgehead atoms. The maximum absolute atomic E-state index is 13.2. The Balaban J connectivity index is 1.19. The number of ether oxygens (including phenoxy) is 5. The molecule has 0 unspecified atom stereocenters. The van der Waals surface area contributed by atoms with E-state index in [0.29, 0.717) is 55.6 Å². The van der Waals surface area contributed by atoms with E-state index in [1.165, 1.54) is 5.56 Å². The van der Waals surface area contributed by atoms with Crippen molar-refractivity contribution in [3.05, 3.63) is 113 Å². The van der Waals surface area contributed by atoms with E-state index in [1.807, 2.05) is 48.7 Å². The van der Waals surface area contributed by atoms with Crippen LogP contribution < -0.4 is 24.3 Å². The maximum atomic E-state index is 13.2. The van der Waals surface area contributed by atoms with E-state index >= 15 is 0 Å².